The van der Waals surface area contributed by atoms with Gasteiger partial charge in [0.25, 0.3) is 0 Å². The molecular formula is C12H13NO4. The second kappa shape index (κ2) is 5.69. The van der Waals surface area contributed by atoms with Crippen LogP contribution in [-0.4, -0.2) is 24.1 Å². The maximum Gasteiger partial charge on any atom is 0.328 e. The molecule has 0 radical (unpaired) electrons. The predicted octanol–water partition coefficient (Wildman–Crippen LogP) is 1.75. The quantitative estimate of drug-likeness (QED) is 0.779. The average Bonchev–Trinajstić information content (AvgIpc) is 2.26. The minimum atomic E-state index is -1.02. The van der Waals surface area contributed by atoms with E-state index >= 15 is 0 Å². The summed E-state index contributed by atoms with van der Waals surface area (Å²) in [4.78, 5) is 21.3. The van der Waals surface area contributed by atoms with E-state index in [-0.39, 0.29) is 5.91 Å². The molecule has 0 aliphatic heterocycles. The van der Waals surface area contributed by atoms with E-state index in [9.17, 15) is 9.59 Å². The lowest BCUT2D eigenvalue weighted by Crippen LogP contribution is -2.07. The van der Waals surface area contributed by atoms with Crippen LogP contribution in [0.2, 0.25) is 0 Å². The van der Waals surface area contributed by atoms with Crippen molar-refractivity contribution >= 4 is 23.6 Å². The van der Waals surface area contributed by atoms with Crippen molar-refractivity contribution in [3.05, 3.63) is 29.8 Å². The van der Waals surface area contributed by atoms with Gasteiger partial charge in [-0.1, -0.05) is 6.07 Å². The highest BCUT2D eigenvalue weighted by Gasteiger charge is 2.04. The van der Waals surface area contributed by atoms with E-state index in [1.807, 2.05) is 0 Å². The summed E-state index contributed by atoms with van der Waals surface area (Å²) in [6.45, 7) is 1.40. The first-order valence-corrected chi connectivity index (χ1v) is 4.89. The molecule has 2 N–H and O–H groups in total. The van der Waals surface area contributed by atoms with Crippen LogP contribution in [-0.2, 0) is 9.59 Å². The van der Waals surface area contributed by atoms with Gasteiger partial charge in [0.1, 0.15) is 5.75 Å². The molecule has 0 aliphatic rings. The number of amides is 1. The van der Waals surface area contributed by atoms with Gasteiger partial charge in [0.15, 0.2) is 0 Å². The number of nitrogens with one attached hydrogen (secondary N) is 1. The van der Waals surface area contributed by atoms with Crippen molar-refractivity contribution in [2.75, 3.05) is 12.4 Å². The van der Waals surface area contributed by atoms with Crippen LogP contribution >= 0.6 is 0 Å². The average molecular weight is 235 g/mol. The lowest BCUT2D eigenvalue weighted by atomic mass is 10.1. The lowest BCUT2D eigenvalue weighted by molar-refractivity contribution is -0.131. The monoisotopic (exact) mass is 235 g/mol. The molecule has 0 fully saturated rings. The molecule has 1 aromatic carbocycles. The summed E-state index contributed by atoms with van der Waals surface area (Å²) < 4.78 is 5.10. The number of rotatable bonds is 4. The van der Waals surface area contributed by atoms with Crippen molar-refractivity contribution in [1.29, 1.82) is 0 Å². The highest BCUT2D eigenvalue weighted by atomic mass is 16.5. The Morgan fingerprint density at radius 3 is 2.65 bits per heavy atom. The van der Waals surface area contributed by atoms with E-state index in [4.69, 9.17) is 9.84 Å². The van der Waals surface area contributed by atoms with Gasteiger partial charge in [0, 0.05) is 13.0 Å². The Hall–Kier alpha value is -2.30. The fourth-order valence-electron chi connectivity index (χ4n) is 1.27. The zero-order valence-electron chi connectivity index (χ0n) is 9.56. The number of carboxylic acids is 1. The third-order valence-electron chi connectivity index (χ3n) is 1.95. The predicted molar refractivity (Wildman–Crippen MR) is 64.0 cm³/mol. The molecular weight excluding hydrogens is 222 g/mol. The summed E-state index contributed by atoms with van der Waals surface area (Å²) in [5.41, 5.74) is 1.23. The first kappa shape index (κ1) is 12.8. The molecule has 90 valence electrons. The summed E-state index contributed by atoms with van der Waals surface area (Å²) >= 11 is 0. The number of hydrogen-bond acceptors (Lipinski definition) is 3. The molecule has 0 bridgehead atoms. The number of carbonyl (C=O) groups excluding carboxylic acids is 1. The molecule has 1 amide bonds. The van der Waals surface area contributed by atoms with Crippen LogP contribution in [0.1, 0.15) is 12.5 Å². The largest absolute Gasteiger partial charge is 0.495 e. The zero-order chi connectivity index (χ0) is 12.8. The Bertz CT molecular complexity index is 466. The normalized spacial score (nSPS) is 10.2. The molecule has 0 aliphatic carbocycles. The molecule has 1 aromatic rings. The maximum absolute atomic E-state index is 10.9. The zero-order valence-corrected chi connectivity index (χ0v) is 9.56. The Kier molecular flexibility index (Phi) is 4.28. The van der Waals surface area contributed by atoms with Crippen molar-refractivity contribution in [2.45, 2.75) is 6.92 Å². The van der Waals surface area contributed by atoms with Crippen molar-refractivity contribution < 1.29 is 19.4 Å². The molecule has 17 heavy (non-hydrogen) atoms. The Balaban J connectivity index is 2.99. The van der Waals surface area contributed by atoms with Gasteiger partial charge >= 0.3 is 5.97 Å². The van der Waals surface area contributed by atoms with Gasteiger partial charge in [-0.3, -0.25) is 4.79 Å². The van der Waals surface area contributed by atoms with Crippen LogP contribution in [0.15, 0.2) is 24.3 Å². The van der Waals surface area contributed by atoms with Gasteiger partial charge in [-0.15, -0.1) is 0 Å². The summed E-state index contributed by atoms with van der Waals surface area (Å²) in [6, 6.07) is 4.99. The van der Waals surface area contributed by atoms with Crippen LogP contribution in [0.25, 0.3) is 6.08 Å². The van der Waals surface area contributed by atoms with Gasteiger partial charge in [-0.25, -0.2) is 4.79 Å². The highest BCUT2D eigenvalue weighted by molar-refractivity contribution is 5.91. The summed E-state index contributed by atoms with van der Waals surface area (Å²) in [5.74, 6) is -0.736. The van der Waals surface area contributed by atoms with E-state index in [1.165, 1.54) is 20.1 Å². The van der Waals surface area contributed by atoms with Gasteiger partial charge in [-0.2, -0.15) is 0 Å². The van der Waals surface area contributed by atoms with Gasteiger partial charge in [0.05, 0.1) is 12.8 Å². The van der Waals surface area contributed by atoms with Gasteiger partial charge in [-0.05, 0) is 23.8 Å². The van der Waals surface area contributed by atoms with Crippen molar-refractivity contribution in [3.63, 3.8) is 0 Å². The highest BCUT2D eigenvalue weighted by Crippen LogP contribution is 2.26. The van der Waals surface area contributed by atoms with Crippen LogP contribution in [0.5, 0.6) is 5.75 Å². The number of hydrogen-bond donors (Lipinski definition) is 2. The minimum Gasteiger partial charge on any atom is -0.495 e. The van der Waals surface area contributed by atoms with E-state index in [2.05, 4.69) is 5.32 Å². The van der Waals surface area contributed by atoms with Gasteiger partial charge < -0.3 is 15.2 Å². The number of carbonyl (C=O) groups is 2. The fraction of sp³-hybridized carbons (Fsp3) is 0.167. The smallest absolute Gasteiger partial charge is 0.328 e. The Morgan fingerprint density at radius 1 is 1.41 bits per heavy atom. The standard InChI is InChI=1S/C12H13NO4/c1-8(14)13-10-5-3-9(4-6-12(15)16)7-11(10)17-2/h3-7H,1-2H3,(H,13,14)(H,15,16)/b6-4+. The SMILES string of the molecule is COc1cc(/C=C/C(=O)O)ccc1NC(C)=O. The van der Waals surface area contributed by atoms with Crippen LogP contribution < -0.4 is 10.1 Å². The van der Waals surface area contributed by atoms with E-state index in [1.54, 1.807) is 18.2 Å². The Morgan fingerprint density at radius 2 is 2.12 bits per heavy atom. The number of benzene rings is 1. The fourth-order valence-corrected chi connectivity index (χ4v) is 1.27. The molecule has 0 unspecified atom stereocenters. The molecule has 0 spiro atoms. The van der Waals surface area contributed by atoms with Crippen molar-refractivity contribution in [3.8, 4) is 5.75 Å². The molecule has 5 heteroatoms. The molecule has 1 rings (SSSR count). The first-order valence-electron chi connectivity index (χ1n) is 4.89. The number of methoxy groups -OCH3 is 1. The van der Waals surface area contributed by atoms with Crippen LogP contribution in [0.4, 0.5) is 5.69 Å². The van der Waals surface area contributed by atoms with Crippen LogP contribution in [0, 0.1) is 0 Å². The summed E-state index contributed by atoms with van der Waals surface area (Å²) in [7, 11) is 1.48. The number of carboxylic acid groups (broad SMARTS) is 1. The third kappa shape index (κ3) is 3.98. The molecule has 0 atom stereocenters. The van der Waals surface area contributed by atoms with E-state index < -0.39 is 5.97 Å². The lowest BCUT2D eigenvalue weighted by Gasteiger charge is -2.09. The maximum atomic E-state index is 10.9. The second-order valence-corrected chi connectivity index (χ2v) is 3.31. The molecule has 5 nitrogen and oxygen atoms in total. The summed E-state index contributed by atoms with van der Waals surface area (Å²) in [6.07, 6.45) is 2.48. The number of aliphatic carboxylic acids is 1. The minimum absolute atomic E-state index is 0.197. The molecule has 0 saturated carbocycles. The topological polar surface area (TPSA) is 75.6 Å². The Labute approximate surface area is 98.7 Å². The van der Waals surface area contributed by atoms with Crippen LogP contribution in [0.3, 0.4) is 0 Å². The van der Waals surface area contributed by atoms with Crippen molar-refractivity contribution in [2.24, 2.45) is 0 Å². The number of ether oxygens (including phenoxy) is 1. The summed E-state index contributed by atoms with van der Waals surface area (Å²) in [5, 5.41) is 11.1. The second-order valence-electron chi connectivity index (χ2n) is 3.31. The van der Waals surface area contributed by atoms with Gasteiger partial charge in [0.2, 0.25) is 5.91 Å². The third-order valence-corrected chi connectivity index (χ3v) is 1.95. The van der Waals surface area contributed by atoms with Crippen molar-refractivity contribution in [1.82, 2.24) is 0 Å². The van der Waals surface area contributed by atoms with E-state index in [0.29, 0.717) is 17.0 Å². The number of anilines is 1. The molecule has 0 saturated heterocycles. The first-order chi connectivity index (χ1) is 8.02. The molecule has 0 heterocycles. The van der Waals surface area contributed by atoms with E-state index in [0.717, 1.165) is 6.08 Å². The molecule has 0 aromatic heterocycles.